The number of carbonyl (C=O) groups excluding carboxylic acids is 1. The third-order valence-corrected chi connectivity index (χ3v) is 10.7. The van der Waals surface area contributed by atoms with Gasteiger partial charge in [-0.2, -0.15) is 5.10 Å². The largest absolute Gasteiger partial charge is 0.481 e. The summed E-state index contributed by atoms with van der Waals surface area (Å²) in [6.45, 7) is 6.29. The highest BCUT2D eigenvalue weighted by molar-refractivity contribution is 6.36. The van der Waals surface area contributed by atoms with Gasteiger partial charge < -0.3 is 20.7 Å². The molecule has 5 heterocycles. The number of nitrogens with zero attached hydrogens (tertiary/aromatic N) is 5. The molecule has 11 nitrogen and oxygen atoms in total. The van der Waals surface area contributed by atoms with Crippen molar-refractivity contribution in [1.82, 2.24) is 35.3 Å². The lowest BCUT2D eigenvalue weighted by molar-refractivity contribution is 0.219. The zero-order valence-corrected chi connectivity index (χ0v) is 28.6. The first-order valence-electron chi connectivity index (χ1n) is 16.5. The number of ether oxygens (including phenoxy) is 1. The molecular formula is C37H37ClN8O3. The Morgan fingerprint density at radius 2 is 1.86 bits per heavy atom. The second kappa shape index (κ2) is 11.9. The Hall–Kier alpha value is -5.00. The number of hydrogen-bond acceptors (Lipinski definition) is 8. The van der Waals surface area contributed by atoms with Crippen LogP contribution in [-0.4, -0.2) is 63.0 Å². The van der Waals surface area contributed by atoms with E-state index in [-0.39, 0.29) is 23.2 Å². The fourth-order valence-electron chi connectivity index (χ4n) is 7.84. The van der Waals surface area contributed by atoms with Gasteiger partial charge in [0.25, 0.3) is 5.56 Å². The minimum Gasteiger partial charge on any atom is -0.481 e. The van der Waals surface area contributed by atoms with E-state index in [0.29, 0.717) is 28.7 Å². The van der Waals surface area contributed by atoms with Crippen molar-refractivity contribution in [3.8, 4) is 28.3 Å². The molecule has 3 aromatic heterocycles. The van der Waals surface area contributed by atoms with Crippen molar-refractivity contribution in [1.29, 1.82) is 0 Å². The van der Waals surface area contributed by atoms with Crippen molar-refractivity contribution in [2.24, 2.45) is 7.05 Å². The minimum atomic E-state index is -0.218. The lowest BCUT2D eigenvalue weighted by Gasteiger charge is -2.28. The number of nitrogens with one attached hydrogen (secondary N) is 3. The van der Waals surface area contributed by atoms with Crippen LogP contribution in [-0.2, 0) is 13.5 Å². The van der Waals surface area contributed by atoms with E-state index in [4.69, 9.17) is 21.3 Å². The highest BCUT2D eigenvalue weighted by atomic mass is 35.5. The fourth-order valence-corrected chi connectivity index (χ4v) is 8.17. The number of methoxy groups -OCH3 is 1. The van der Waals surface area contributed by atoms with E-state index in [0.717, 1.165) is 82.6 Å². The van der Waals surface area contributed by atoms with E-state index < -0.39 is 0 Å². The monoisotopic (exact) mass is 676 g/mol. The van der Waals surface area contributed by atoms with Gasteiger partial charge in [0.15, 0.2) is 0 Å². The molecule has 0 saturated carbocycles. The highest BCUT2D eigenvalue weighted by Gasteiger charge is 2.46. The number of rotatable bonds is 6. The summed E-state index contributed by atoms with van der Waals surface area (Å²) < 4.78 is 7.26. The number of aryl methyl sites for hydroxylation is 3. The molecule has 0 radical (unpaired) electrons. The van der Waals surface area contributed by atoms with E-state index >= 15 is 0 Å². The van der Waals surface area contributed by atoms with Gasteiger partial charge in [0, 0.05) is 66.2 Å². The van der Waals surface area contributed by atoms with Gasteiger partial charge in [-0.25, -0.2) is 19.4 Å². The highest BCUT2D eigenvalue weighted by Crippen LogP contribution is 2.46. The van der Waals surface area contributed by atoms with Gasteiger partial charge in [0.2, 0.25) is 5.88 Å². The number of amides is 2. The molecule has 1 aliphatic carbocycles. The molecule has 0 unspecified atom stereocenters. The molecule has 250 valence electrons. The number of anilines is 2. The zero-order chi connectivity index (χ0) is 34.0. The molecule has 49 heavy (non-hydrogen) atoms. The summed E-state index contributed by atoms with van der Waals surface area (Å²) in [5, 5.41) is 15.5. The van der Waals surface area contributed by atoms with Crippen molar-refractivity contribution >= 4 is 39.9 Å². The quantitative estimate of drug-likeness (QED) is 0.205. The minimum absolute atomic E-state index is 0.0865. The molecule has 5 aromatic rings. The van der Waals surface area contributed by atoms with Crippen molar-refractivity contribution in [3.05, 3.63) is 92.5 Å². The van der Waals surface area contributed by atoms with Crippen LogP contribution >= 0.6 is 11.6 Å². The van der Waals surface area contributed by atoms with Gasteiger partial charge in [-0.1, -0.05) is 41.9 Å². The van der Waals surface area contributed by atoms with E-state index in [1.165, 1.54) is 10.2 Å². The van der Waals surface area contributed by atoms with E-state index in [1.807, 2.05) is 56.3 Å². The van der Waals surface area contributed by atoms with Crippen LogP contribution in [0, 0.1) is 13.8 Å². The van der Waals surface area contributed by atoms with E-state index in [2.05, 4.69) is 37.0 Å². The van der Waals surface area contributed by atoms with Crippen LogP contribution in [0.5, 0.6) is 5.88 Å². The molecule has 8 rings (SSSR count). The Labute approximate surface area is 288 Å². The number of pyridine rings is 2. The van der Waals surface area contributed by atoms with Crippen molar-refractivity contribution in [3.63, 3.8) is 0 Å². The molecule has 2 amide bonds. The van der Waals surface area contributed by atoms with Crippen molar-refractivity contribution < 1.29 is 9.53 Å². The van der Waals surface area contributed by atoms with Gasteiger partial charge in [0.1, 0.15) is 5.82 Å². The Balaban J connectivity index is 1.13. The first kappa shape index (κ1) is 31.3. The number of urea groups is 1. The number of halogens is 1. The lowest BCUT2D eigenvalue weighted by atomic mass is 9.96. The van der Waals surface area contributed by atoms with Crippen molar-refractivity contribution in [2.75, 3.05) is 32.1 Å². The van der Waals surface area contributed by atoms with Gasteiger partial charge in [-0.15, -0.1) is 0 Å². The number of aromatic nitrogens is 4. The number of hydrogen-bond donors (Lipinski definition) is 3. The average molecular weight is 677 g/mol. The summed E-state index contributed by atoms with van der Waals surface area (Å²) in [5.74, 6) is 1.10. The summed E-state index contributed by atoms with van der Waals surface area (Å²) in [4.78, 5) is 37.2. The van der Waals surface area contributed by atoms with Gasteiger partial charge in [-0.3, -0.25) is 9.69 Å². The summed E-state index contributed by atoms with van der Waals surface area (Å²) in [5.41, 5.74) is 7.88. The molecule has 2 aliphatic heterocycles. The Morgan fingerprint density at radius 3 is 2.65 bits per heavy atom. The topological polar surface area (TPSA) is 126 Å². The number of carbonyl (C=O) groups is 1. The lowest BCUT2D eigenvalue weighted by Crippen LogP contribution is -2.46. The van der Waals surface area contributed by atoms with Crippen LogP contribution < -0.4 is 26.2 Å². The predicted molar refractivity (Wildman–Crippen MR) is 191 cm³/mol. The Kier molecular flexibility index (Phi) is 7.57. The molecule has 1 spiro atoms. The maximum atomic E-state index is 13.1. The molecule has 2 saturated heterocycles. The van der Waals surface area contributed by atoms with Gasteiger partial charge >= 0.3 is 6.03 Å². The normalized spacial score (nSPS) is 20.1. The number of likely N-dealkylation sites (tertiary alicyclic amines) is 1. The van der Waals surface area contributed by atoms with Crippen LogP contribution in [0.15, 0.2) is 59.5 Å². The molecule has 3 aliphatic rings. The average Bonchev–Trinajstić information content (AvgIpc) is 3.81. The first-order chi connectivity index (χ1) is 23.6. The molecule has 2 aromatic carbocycles. The Bertz CT molecular complexity index is 2240. The molecule has 12 heteroatoms. The van der Waals surface area contributed by atoms with Crippen LogP contribution in [0.3, 0.4) is 0 Å². The van der Waals surface area contributed by atoms with E-state index in [9.17, 15) is 9.59 Å². The number of benzene rings is 2. The smallest absolute Gasteiger partial charge is 0.315 e. The molecule has 0 bridgehead atoms. The van der Waals surface area contributed by atoms with Crippen molar-refractivity contribution in [2.45, 2.75) is 44.7 Å². The zero-order valence-electron chi connectivity index (χ0n) is 27.9. The van der Waals surface area contributed by atoms with Gasteiger partial charge in [-0.05, 0) is 68.0 Å². The molecular weight excluding hydrogens is 640 g/mol. The first-order valence-corrected chi connectivity index (χ1v) is 16.9. The maximum Gasteiger partial charge on any atom is 0.315 e. The third-order valence-electron chi connectivity index (χ3n) is 10.3. The standard InChI is InChI=1S/C37H37ClN8O3/c1-20-15-23-17-40-45(3)35(47)31(23)33(41-20)42-27-10-6-7-24(21(27)2)25-8-5-9-26(32(25)38)28-16-22-11-12-29(30(22)34(43-28)49-4)46-14-13-37(19-46)18-39-36(48)44-37/h5-10,15-17,29H,11-14,18-19H2,1-4H3,(H,41,42)(H2,39,44,48)/t29-,37+/m0/s1. The molecule has 2 atom stereocenters. The second-order valence-electron chi connectivity index (χ2n) is 13.4. The summed E-state index contributed by atoms with van der Waals surface area (Å²) in [6.07, 6.45) is 4.47. The molecule has 2 fully saturated rings. The SMILES string of the molecule is COc1nc(-c2cccc(-c3cccc(Nc4nc(C)cc5cnn(C)c(=O)c45)c3C)c2Cl)cc2c1[C@@H](N1CC[C@@]3(CNC(=O)N3)C1)CC2. The van der Waals surface area contributed by atoms with Crippen LogP contribution in [0.4, 0.5) is 16.3 Å². The predicted octanol–water partition coefficient (Wildman–Crippen LogP) is 5.82. The van der Waals surface area contributed by atoms with Crippen LogP contribution in [0.2, 0.25) is 5.02 Å². The molecule has 3 N–H and O–H groups in total. The van der Waals surface area contributed by atoms with Crippen LogP contribution in [0.25, 0.3) is 33.2 Å². The fraction of sp³-hybridized carbons (Fsp3) is 0.324. The summed E-state index contributed by atoms with van der Waals surface area (Å²) >= 11 is 7.25. The number of fused-ring (bicyclic) bond motifs is 2. The maximum absolute atomic E-state index is 13.1. The summed E-state index contributed by atoms with van der Waals surface area (Å²) in [7, 11) is 3.31. The van der Waals surface area contributed by atoms with Crippen LogP contribution in [0.1, 0.15) is 41.3 Å². The third kappa shape index (κ3) is 5.28. The Morgan fingerprint density at radius 1 is 1.06 bits per heavy atom. The summed E-state index contributed by atoms with van der Waals surface area (Å²) in [6, 6.07) is 16.1. The van der Waals surface area contributed by atoms with Gasteiger partial charge in [0.05, 0.1) is 34.9 Å². The van der Waals surface area contributed by atoms with E-state index in [1.54, 1.807) is 20.4 Å². The second-order valence-corrected chi connectivity index (χ2v) is 13.8.